The smallest absolute Gasteiger partial charge is 0.269 e. The zero-order chi connectivity index (χ0) is 12.5. The summed E-state index contributed by atoms with van der Waals surface area (Å²) >= 11 is 0. The second-order valence-corrected chi connectivity index (χ2v) is 3.37. The molecule has 0 unspecified atom stereocenters. The van der Waals surface area contributed by atoms with Crippen molar-refractivity contribution in [3.8, 4) is 0 Å². The molecular formula is C11H16FN3O2. The maximum absolute atomic E-state index is 12.6. The average molecular weight is 241 g/mol. The first-order valence-corrected chi connectivity index (χ1v) is 5.41. The normalized spacial score (nSPS) is 10.2. The lowest BCUT2D eigenvalue weighted by Gasteiger charge is -2.05. The highest BCUT2D eigenvalue weighted by Gasteiger charge is 2.05. The van der Waals surface area contributed by atoms with Crippen molar-refractivity contribution in [3.63, 3.8) is 0 Å². The topological polar surface area (TPSA) is 77.2 Å². The molecule has 0 saturated heterocycles. The molecule has 0 radical (unpaired) electrons. The van der Waals surface area contributed by atoms with Crippen LogP contribution in [0.3, 0.4) is 0 Å². The zero-order valence-electron chi connectivity index (χ0n) is 9.49. The summed E-state index contributed by atoms with van der Waals surface area (Å²) in [5.41, 5.74) is 5.45. The number of nitrogens with one attached hydrogen (secondary N) is 1. The molecule has 0 saturated carbocycles. The van der Waals surface area contributed by atoms with Gasteiger partial charge >= 0.3 is 0 Å². The van der Waals surface area contributed by atoms with E-state index in [0.717, 1.165) is 6.20 Å². The molecule has 0 spiro atoms. The highest BCUT2D eigenvalue weighted by atomic mass is 19.1. The number of carbonyl (C=O) groups is 1. The largest absolute Gasteiger partial charge is 0.380 e. The number of halogens is 1. The third kappa shape index (κ3) is 5.37. The van der Waals surface area contributed by atoms with Crippen LogP contribution < -0.4 is 11.1 Å². The van der Waals surface area contributed by atoms with Gasteiger partial charge in [0.15, 0.2) is 0 Å². The van der Waals surface area contributed by atoms with E-state index < -0.39 is 5.82 Å². The Balaban J connectivity index is 2.19. The zero-order valence-corrected chi connectivity index (χ0v) is 9.49. The first kappa shape index (κ1) is 13.5. The molecule has 1 aromatic heterocycles. The predicted octanol–water partition coefficient (Wildman–Crippen LogP) is 0.316. The molecule has 17 heavy (non-hydrogen) atoms. The summed E-state index contributed by atoms with van der Waals surface area (Å²) < 4.78 is 17.7. The van der Waals surface area contributed by atoms with Crippen molar-refractivity contribution in [2.75, 3.05) is 26.3 Å². The SMILES string of the molecule is NCCOCCCNC(=O)c1ccc(F)cn1. The number of nitrogens with zero attached hydrogens (tertiary/aromatic N) is 1. The molecule has 0 fully saturated rings. The highest BCUT2D eigenvalue weighted by Crippen LogP contribution is 1.97. The number of ether oxygens (including phenoxy) is 1. The van der Waals surface area contributed by atoms with E-state index in [0.29, 0.717) is 32.7 Å². The van der Waals surface area contributed by atoms with E-state index in [1.165, 1.54) is 12.1 Å². The minimum absolute atomic E-state index is 0.203. The van der Waals surface area contributed by atoms with Crippen molar-refractivity contribution in [2.24, 2.45) is 5.73 Å². The number of carbonyl (C=O) groups excluding carboxylic acids is 1. The lowest BCUT2D eigenvalue weighted by molar-refractivity contribution is 0.0938. The fourth-order valence-corrected chi connectivity index (χ4v) is 1.16. The van der Waals surface area contributed by atoms with Crippen LogP contribution in [0.5, 0.6) is 0 Å². The number of nitrogens with two attached hydrogens (primary N) is 1. The molecular weight excluding hydrogens is 225 g/mol. The van der Waals surface area contributed by atoms with Crippen LogP contribution in [0.2, 0.25) is 0 Å². The van der Waals surface area contributed by atoms with Crippen LogP contribution in [-0.4, -0.2) is 37.2 Å². The van der Waals surface area contributed by atoms with Gasteiger partial charge in [-0.25, -0.2) is 9.37 Å². The molecule has 0 atom stereocenters. The van der Waals surface area contributed by atoms with Crippen molar-refractivity contribution in [3.05, 3.63) is 29.8 Å². The Kier molecular flexibility index (Phi) is 6.13. The Hall–Kier alpha value is -1.53. The van der Waals surface area contributed by atoms with Gasteiger partial charge in [-0.05, 0) is 18.6 Å². The molecule has 0 aliphatic rings. The monoisotopic (exact) mass is 241 g/mol. The Morgan fingerprint density at radius 2 is 2.29 bits per heavy atom. The van der Waals surface area contributed by atoms with Gasteiger partial charge in [0.2, 0.25) is 0 Å². The molecule has 3 N–H and O–H groups in total. The van der Waals surface area contributed by atoms with Gasteiger partial charge in [-0.1, -0.05) is 0 Å². The number of rotatable bonds is 7. The molecule has 0 aromatic carbocycles. The molecule has 0 aliphatic carbocycles. The Labute approximate surface area is 99.2 Å². The summed E-state index contributed by atoms with van der Waals surface area (Å²) in [5.74, 6) is -0.777. The highest BCUT2D eigenvalue weighted by molar-refractivity contribution is 5.92. The molecule has 1 rings (SSSR count). The van der Waals surface area contributed by atoms with E-state index in [1.54, 1.807) is 0 Å². The number of hydrogen-bond acceptors (Lipinski definition) is 4. The summed E-state index contributed by atoms with van der Waals surface area (Å²) in [4.78, 5) is 15.2. The average Bonchev–Trinajstić information content (AvgIpc) is 2.34. The van der Waals surface area contributed by atoms with Crippen LogP contribution in [0.15, 0.2) is 18.3 Å². The van der Waals surface area contributed by atoms with E-state index >= 15 is 0 Å². The lowest BCUT2D eigenvalue weighted by atomic mass is 10.3. The van der Waals surface area contributed by atoms with E-state index in [9.17, 15) is 9.18 Å². The molecule has 1 heterocycles. The third-order valence-electron chi connectivity index (χ3n) is 1.97. The van der Waals surface area contributed by atoms with Crippen molar-refractivity contribution in [2.45, 2.75) is 6.42 Å². The molecule has 94 valence electrons. The molecule has 1 amide bonds. The molecule has 0 bridgehead atoms. The van der Waals surface area contributed by atoms with Gasteiger partial charge in [-0.3, -0.25) is 4.79 Å². The quantitative estimate of drug-likeness (QED) is 0.674. The van der Waals surface area contributed by atoms with Crippen LogP contribution in [0, 0.1) is 5.82 Å². The van der Waals surface area contributed by atoms with E-state index in [-0.39, 0.29) is 11.6 Å². The molecule has 1 aromatic rings. The minimum atomic E-state index is -0.461. The van der Waals surface area contributed by atoms with Gasteiger partial charge in [-0.2, -0.15) is 0 Å². The van der Waals surface area contributed by atoms with Gasteiger partial charge in [-0.15, -0.1) is 0 Å². The maximum Gasteiger partial charge on any atom is 0.269 e. The summed E-state index contributed by atoms with van der Waals surface area (Å²) in [6.45, 7) is 2.05. The van der Waals surface area contributed by atoms with Gasteiger partial charge < -0.3 is 15.8 Å². The summed E-state index contributed by atoms with van der Waals surface area (Å²) in [7, 11) is 0. The van der Waals surface area contributed by atoms with Gasteiger partial charge in [0.25, 0.3) is 5.91 Å². The number of amides is 1. The number of aromatic nitrogens is 1. The number of pyridine rings is 1. The van der Waals surface area contributed by atoms with Gasteiger partial charge in [0.1, 0.15) is 11.5 Å². The Bertz CT molecular complexity index is 343. The Morgan fingerprint density at radius 3 is 2.94 bits per heavy atom. The lowest BCUT2D eigenvalue weighted by Crippen LogP contribution is -2.26. The van der Waals surface area contributed by atoms with Crippen LogP contribution in [0.25, 0.3) is 0 Å². The minimum Gasteiger partial charge on any atom is -0.380 e. The summed E-state index contributed by atoms with van der Waals surface area (Å²) in [5, 5.41) is 2.66. The maximum atomic E-state index is 12.6. The van der Waals surface area contributed by atoms with Crippen LogP contribution in [-0.2, 0) is 4.74 Å². The summed E-state index contributed by atoms with van der Waals surface area (Å²) in [6, 6.07) is 2.54. The van der Waals surface area contributed by atoms with Crippen molar-refractivity contribution >= 4 is 5.91 Å². The fourth-order valence-electron chi connectivity index (χ4n) is 1.16. The molecule has 5 nitrogen and oxygen atoms in total. The van der Waals surface area contributed by atoms with Crippen molar-refractivity contribution in [1.82, 2.24) is 10.3 Å². The van der Waals surface area contributed by atoms with Crippen molar-refractivity contribution < 1.29 is 13.9 Å². The molecule has 0 aliphatic heterocycles. The van der Waals surface area contributed by atoms with E-state index in [4.69, 9.17) is 10.5 Å². The summed E-state index contributed by atoms with van der Waals surface area (Å²) in [6.07, 6.45) is 1.71. The molecule has 6 heteroatoms. The van der Waals surface area contributed by atoms with Crippen molar-refractivity contribution in [1.29, 1.82) is 0 Å². The van der Waals surface area contributed by atoms with Crippen LogP contribution >= 0.6 is 0 Å². The van der Waals surface area contributed by atoms with Crippen LogP contribution in [0.1, 0.15) is 16.9 Å². The number of hydrogen-bond donors (Lipinski definition) is 2. The van der Waals surface area contributed by atoms with Gasteiger partial charge in [0.05, 0.1) is 12.8 Å². The van der Waals surface area contributed by atoms with Gasteiger partial charge in [0, 0.05) is 19.7 Å². The second-order valence-electron chi connectivity index (χ2n) is 3.37. The second kappa shape index (κ2) is 7.70. The third-order valence-corrected chi connectivity index (χ3v) is 1.97. The van der Waals surface area contributed by atoms with E-state index in [2.05, 4.69) is 10.3 Å². The standard InChI is InChI=1S/C11H16FN3O2/c12-9-2-3-10(15-8-9)11(16)14-5-1-6-17-7-4-13/h2-3,8H,1,4-7,13H2,(H,14,16). The predicted molar refractivity (Wildman–Crippen MR) is 61.0 cm³/mol. The van der Waals surface area contributed by atoms with E-state index in [1.807, 2.05) is 0 Å². The first-order valence-electron chi connectivity index (χ1n) is 5.41. The fraction of sp³-hybridized carbons (Fsp3) is 0.455. The Morgan fingerprint density at radius 1 is 1.47 bits per heavy atom. The first-order chi connectivity index (χ1) is 8.24. The van der Waals surface area contributed by atoms with Crippen LogP contribution in [0.4, 0.5) is 4.39 Å².